The predicted molar refractivity (Wildman–Crippen MR) is 141 cm³/mol. The van der Waals surface area contributed by atoms with Crippen LogP contribution in [0.3, 0.4) is 0 Å². The van der Waals surface area contributed by atoms with E-state index in [0.29, 0.717) is 11.9 Å². The maximum atomic E-state index is 13.6. The van der Waals surface area contributed by atoms with Crippen molar-refractivity contribution >= 4 is 34.2 Å². The van der Waals surface area contributed by atoms with Crippen molar-refractivity contribution in [1.82, 2.24) is 0 Å². The van der Waals surface area contributed by atoms with E-state index in [-0.39, 0.29) is 4.90 Å². The van der Waals surface area contributed by atoms with Gasteiger partial charge in [0.1, 0.15) is 0 Å². The molecule has 4 aromatic rings. The Bertz CT molecular complexity index is 1350. The van der Waals surface area contributed by atoms with Crippen molar-refractivity contribution in [2.75, 3.05) is 0 Å². The molecule has 0 atom stereocenters. The van der Waals surface area contributed by atoms with Crippen LogP contribution >= 0.6 is 7.49 Å². The Kier molecular flexibility index (Phi) is 7.46. The quantitative estimate of drug-likeness (QED) is 0.188. The third-order valence-corrected chi connectivity index (χ3v) is 12.0. The van der Waals surface area contributed by atoms with Crippen LogP contribution in [0.1, 0.15) is 18.1 Å². The fourth-order valence-corrected chi connectivity index (χ4v) is 10.4. The molecule has 180 valence electrons. The molecule has 7 heteroatoms. The monoisotopic (exact) mass is 506 g/mol. The molecular weight excluding hydrogens is 479 g/mol. The van der Waals surface area contributed by atoms with Crippen LogP contribution in [0.2, 0.25) is 0 Å². The van der Waals surface area contributed by atoms with Crippen molar-refractivity contribution in [3.8, 4) is 5.75 Å². The van der Waals surface area contributed by atoms with Crippen LogP contribution < -0.4 is 15.3 Å². The van der Waals surface area contributed by atoms with E-state index in [9.17, 15) is 13.2 Å². The third kappa shape index (κ3) is 5.85. The molecule has 0 radical (unpaired) electrons. The molecule has 0 unspecified atom stereocenters. The van der Waals surface area contributed by atoms with Gasteiger partial charge >= 0.3 is 207 Å². The Morgan fingerprint density at radius 3 is 1.74 bits per heavy atom. The van der Waals surface area contributed by atoms with Crippen LogP contribution in [0.4, 0.5) is 0 Å². The zero-order valence-corrected chi connectivity index (χ0v) is 21.4. The first-order valence-electron chi connectivity index (χ1n) is 11.2. The van der Waals surface area contributed by atoms with E-state index >= 15 is 0 Å². The van der Waals surface area contributed by atoms with Crippen LogP contribution in [0, 0.1) is 6.92 Å². The standard InChI is InChI=1S/C28H27O5PS/c1-22-13-19-28(20-14-22)35(30,31)33-34(26-9-5-3-6-10-26,27-11-7-4-8-12-27)21-24-15-17-25(18-16-24)32-23(2)29/h3-20,34H,21H2,1-2H3. The van der Waals surface area contributed by atoms with Gasteiger partial charge in [-0.1, -0.05) is 0 Å². The Balaban J connectivity index is 1.86. The first kappa shape index (κ1) is 24.8. The molecule has 0 aliphatic rings. The van der Waals surface area contributed by atoms with Gasteiger partial charge in [-0.15, -0.1) is 0 Å². The third-order valence-electron chi connectivity index (χ3n) is 5.68. The Morgan fingerprint density at radius 2 is 1.26 bits per heavy atom. The number of carbonyl (C=O) groups is 1. The molecule has 0 aromatic heterocycles. The predicted octanol–water partition coefficient (Wildman–Crippen LogP) is 5.14. The molecule has 5 nitrogen and oxygen atoms in total. The first-order valence-corrected chi connectivity index (χ1v) is 14.7. The molecule has 4 rings (SSSR count). The van der Waals surface area contributed by atoms with Crippen molar-refractivity contribution in [2.45, 2.75) is 24.9 Å². The van der Waals surface area contributed by atoms with Gasteiger partial charge in [0.2, 0.25) is 0 Å². The first-order chi connectivity index (χ1) is 16.8. The SMILES string of the molecule is CC(=O)Oc1ccc(C[PH](OS(=O)(=O)c2ccc(C)cc2)(c2ccccc2)c2ccccc2)cc1. The molecule has 0 saturated carbocycles. The number of rotatable bonds is 8. The van der Waals surface area contributed by atoms with Crippen molar-refractivity contribution < 1.29 is 21.9 Å². The Morgan fingerprint density at radius 1 is 0.743 bits per heavy atom. The molecule has 0 bridgehead atoms. The van der Waals surface area contributed by atoms with Gasteiger partial charge in [-0.2, -0.15) is 0 Å². The fourth-order valence-electron chi connectivity index (χ4n) is 3.98. The normalized spacial score (nSPS) is 12.2. The van der Waals surface area contributed by atoms with Gasteiger partial charge < -0.3 is 0 Å². The summed E-state index contributed by atoms with van der Waals surface area (Å²) in [5.41, 5.74) is 1.84. The van der Waals surface area contributed by atoms with Gasteiger partial charge in [0.15, 0.2) is 0 Å². The van der Waals surface area contributed by atoms with Crippen LogP contribution in [0.15, 0.2) is 114 Å². The van der Waals surface area contributed by atoms with E-state index in [1.54, 1.807) is 36.4 Å². The van der Waals surface area contributed by atoms with Crippen molar-refractivity contribution in [3.63, 3.8) is 0 Å². The molecule has 0 heterocycles. The van der Waals surface area contributed by atoms with Crippen LogP contribution in [0.5, 0.6) is 5.75 Å². The summed E-state index contributed by atoms with van der Waals surface area (Å²) >= 11 is 0. The van der Waals surface area contributed by atoms with E-state index < -0.39 is 23.6 Å². The summed E-state index contributed by atoms with van der Waals surface area (Å²) in [6.45, 7) is 3.25. The summed E-state index contributed by atoms with van der Waals surface area (Å²) in [6.07, 6.45) is 0.368. The number of hydrogen-bond acceptors (Lipinski definition) is 5. The number of benzene rings is 4. The summed E-state index contributed by atoms with van der Waals surface area (Å²) in [7, 11) is -7.45. The molecule has 0 aliphatic carbocycles. The summed E-state index contributed by atoms with van der Waals surface area (Å²) in [6, 6.07) is 32.9. The maximum absolute atomic E-state index is 13.6. The van der Waals surface area contributed by atoms with Gasteiger partial charge in [0.25, 0.3) is 0 Å². The van der Waals surface area contributed by atoms with Crippen molar-refractivity contribution in [3.05, 3.63) is 120 Å². The molecule has 0 amide bonds. The molecule has 0 saturated heterocycles. The summed E-state index contributed by atoms with van der Waals surface area (Å²) in [5.74, 6) is 0.0312. The van der Waals surface area contributed by atoms with Gasteiger partial charge in [0, 0.05) is 0 Å². The number of aryl methyl sites for hydroxylation is 1. The van der Waals surface area contributed by atoms with E-state index in [4.69, 9.17) is 8.71 Å². The fraction of sp³-hybridized carbons (Fsp3) is 0.107. The van der Waals surface area contributed by atoms with Gasteiger partial charge in [0.05, 0.1) is 0 Å². The van der Waals surface area contributed by atoms with E-state index in [0.717, 1.165) is 21.7 Å². The Labute approximate surface area is 206 Å². The molecular formula is C28H27O5PS. The topological polar surface area (TPSA) is 69.7 Å². The summed E-state index contributed by atoms with van der Waals surface area (Å²) in [4.78, 5) is 11.4. The zero-order valence-electron chi connectivity index (χ0n) is 19.5. The number of esters is 1. The second-order valence-electron chi connectivity index (χ2n) is 8.32. The average molecular weight is 507 g/mol. The Hall–Kier alpha value is -3.31. The van der Waals surface area contributed by atoms with Crippen LogP contribution in [0.25, 0.3) is 0 Å². The number of ether oxygens (including phenoxy) is 1. The molecule has 0 N–H and O–H groups in total. The number of hydrogen-bond donors (Lipinski definition) is 0. The van der Waals surface area contributed by atoms with Gasteiger partial charge in [-0.25, -0.2) is 0 Å². The van der Waals surface area contributed by atoms with Crippen LogP contribution in [-0.2, 0) is 25.0 Å². The molecule has 0 spiro atoms. The van der Waals surface area contributed by atoms with Crippen LogP contribution in [-0.4, -0.2) is 14.4 Å². The van der Waals surface area contributed by atoms with E-state index in [1.165, 1.54) is 6.92 Å². The van der Waals surface area contributed by atoms with E-state index in [2.05, 4.69) is 0 Å². The summed E-state index contributed by atoms with van der Waals surface area (Å²) in [5, 5.41) is 1.68. The molecule has 4 aromatic carbocycles. The summed E-state index contributed by atoms with van der Waals surface area (Å²) < 4.78 is 38.8. The van der Waals surface area contributed by atoms with Gasteiger partial charge in [-0.05, 0) is 0 Å². The average Bonchev–Trinajstić information content (AvgIpc) is 2.86. The van der Waals surface area contributed by atoms with E-state index in [1.807, 2.05) is 79.7 Å². The minimum absolute atomic E-state index is 0.122. The number of carbonyl (C=O) groups excluding carboxylic acids is 1. The minimum atomic E-state index is -4.08. The zero-order chi connectivity index (χ0) is 24.9. The van der Waals surface area contributed by atoms with Crippen molar-refractivity contribution in [1.29, 1.82) is 0 Å². The molecule has 0 fully saturated rings. The second-order valence-corrected chi connectivity index (χ2v) is 13.5. The molecule has 0 aliphatic heterocycles. The van der Waals surface area contributed by atoms with Gasteiger partial charge in [-0.3, -0.25) is 0 Å². The second kappa shape index (κ2) is 10.5. The van der Waals surface area contributed by atoms with Crippen molar-refractivity contribution in [2.24, 2.45) is 0 Å². The molecule has 35 heavy (non-hydrogen) atoms.